The number of aliphatic hydroxyl groups is 1. The van der Waals surface area contributed by atoms with Gasteiger partial charge in [-0.15, -0.1) is 0 Å². The fraction of sp³-hybridized carbons (Fsp3) is 0.588. The van der Waals surface area contributed by atoms with Crippen LogP contribution in [0.25, 0.3) is 0 Å². The van der Waals surface area contributed by atoms with E-state index in [2.05, 4.69) is 31.3 Å². The highest BCUT2D eigenvalue weighted by molar-refractivity contribution is 5.82. The van der Waals surface area contributed by atoms with Crippen LogP contribution in [0.1, 0.15) is 45.1 Å². The summed E-state index contributed by atoms with van der Waals surface area (Å²) in [4.78, 5) is 12.1. The third-order valence-corrected chi connectivity index (χ3v) is 3.94. The Morgan fingerprint density at radius 2 is 2.05 bits per heavy atom. The number of nitrogens with one attached hydrogen (secondary N) is 1. The molecular weight excluding hydrogens is 250 g/mol. The van der Waals surface area contributed by atoms with E-state index < -0.39 is 0 Å². The minimum Gasteiger partial charge on any atom is -0.393 e. The van der Waals surface area contributed by atoms with Crippen molar-refractivity contribution >= 4 is 5.91 Å². The van der Waals surface area contributed by atoms with Crippen LogP contribution in [0.15, 0.2) is 30.3 Å². The molecule has 1 aliphatic carbocycles. The monoisotopic (exact) mass is 275 g/mol. The lowest BCUT2D eigenvalue weighted by Crippen LogP contribution is -2.36. The first-order valence-corrected chi connectivity index (χ1v) is 7.40. The van der Waals surface area contributed by atoms with Gasteiger partial charge < -0.3 is 10.4 Å². The lowest BCUT2D eigenvalue weighted by molar-refractivity contribution is -0.123. The molecule has 110 valence electrons. The molecular formula is C17H25NO2. The zero-order valence-corrected chi connectivity index (χ0v) is 12.6. The van der Waals surface area contributed by atoms with Crippen LogP contribution in [0.3, 0.4) is 0 Å². The Balaban J connectivity index is 1.80. The van der Waals surface area contributed by atoms with Crippen LogP contribution in [-0.4, -0.2) is 23.7 Å². The van der Waals surface area contributed by atoms with E-state index in [1.54, 1.807) is 6.92 Å². The first kappa shape index (κ1) is 15.0. The molecule has 3 nitrogen and oxygen atoms in total. The third kappa shape index (κ3) is 4.07. The molecule has 3 heteroatoms. The Labute approximate surface area is 121 Å². The molecule has 1 aromatic rings. The summed E-state index contributed by atoms with van der Waals surface area (Å²) in [5, 5.41) is 12.5. The van der Waals surface area contributed by atoms with Gasteiger partial charge in [0.25, 0.3) is 0 Å². The van der Waals surface area contributed by atoms with Crippen LogP contribution in [0.2, 0.25) is 0 Å². The number of carbonyl (C=O) groups excluding carboxylic acids is 1. The standard InChI is InChI=1S/C17H25NO2/c1-12(19)10-17(2,3)11-18-16(20)15-9-14(15)13-7-5-4-6-8-13/h4-8,12,14-15,19H,9-11H2,1-3H3,(H,18,20). The Bertz CT molecular complexity index is 453. The van der Waals surface area contributed by atoms with Gasteiger partial charge >= 0.3 is 0 Å². The zero-order valence-electron chi connectivity index (χ0n) is 12.6. The van der Waals surface area contributed by atoms with Gasteiger partial charge in [-0.2, -0.15) is 0 Å². The van der Waals surface area contributed by atoms with Gasteiger partial charge in [0.15, 0.2) is 0 Å². The van der Waals surface area contributed by atoms with Crippen molar-refractivity contribution in [2.45, 2.75) is 45.6 Å². The molecule has 3 atom stereocenters. The van der Waals surface area contributed by atoms with E-state index in [0.717, 1.165) is 6.42 Å². The molecule has 1 aromatic carbocycles. The second-order valence-corrected chi connectivity index (χ2v) is 6.79. The van der Waals surface area contributed by atoms with Crippen LogP contribution in [0.5, 0.6) is 0 Å². The summed E-state index contributed by atoms with van der Waals surface area (Å²) < 4.78 is 0. The average molecular weight is 275 g/mol. The third-order valence-electron chi connectivity index (χ3n) is 3.94. The van der Waals surface area contributed by atoms with Crippen LogP contribution >= 0.6 is 0 Å². The van der Waals surface area contributed by atoms with Crippen LogP contribution < -0.4 is 5.32 Å². The number of benzene rings is 1. The molecule has 0 bridgehead atoms. The summed E-state index contributed by atoms with van der Waals surface area (Å²) in [6, 6.07) is 10.2. The van der Waals surface area contributed by atoms with Crippen molar-refractivity contribution in [3.63, 3.8) is 0 Å². The van der Waals surface area contributed by atoms with E-state index in [4.69, 9.17) is 0 Å². The first-order valence-electron chi connectivity index (χ1n) is 7.40. The van der Waals surface area contributed by atoms with E-state index in [1.165, 1.54) is 5.56 Å². The van der Waals surface area contributed by atoms with Gasteiger partial charge in [-0.1, -0.05) is 44.2 Å². The Morgan fingerprint density at radius 3 is 2.65 bits per heavy atom. The molecule has 2 N–H and O–H groups in total. The van der Waals surface area contributed by atoms with Crippen molar-refractivity contribution in [1.82, 2.24) is 5.32 Å². The molecule has 0 saturated heterocycles. The number of aliphatic hydroxyl groups excluding tert-OH is 1. The predicted molar refractivity (Wildman–Crippen MR) is 80.4 cm³/mol. The highest BCUT2D eigenvalue weighted by Crippen LogP contribution is 2.47. The lowest BCUT2D eigenvalue weighted by Gasteiger charge is -2.26. The molecule has 3 unspecified atom stereocenters. The van der Waals surface area contributed by atoms with Crippen molar-refractivity contribution < 1.29 is 9.90 Å². The summed E-state index contributed by atoms with van der Waals surface area (Å²) in [5.74, 6) is 0.661. The van der Waals surface area contributed by atoms with E-state index in [1.807, 2.05) is 18.2 Å². The van der Waals surface area contributed by atoms with Gasteiger partial charge in [-0.3, -0.25) is 4.79 Å². The molecule has 0 spiro atoms. The van der Waals surface area contributed by atoms with Crippen molar-refractivity contribution in [3.8, 4) is 0 Å². The van der Waals surface area contributed by atoms with Crippen LogP contribution in [-0.2, 0) is 4.79 Å². The number of rotatable bonds is 6. The summed E-state index contributed by atoms with van der Waals surface area (Å²) in [6.45, 7) is 6.55. The maximum atomic E-state index is 12.1. The second kappa shape index (κ2) is 5.96. The van der Waals surface area contributed by atoms with Crippen LogP contribution in [0, 0.1) is 11.3 Å². The Morgan fingerprint density at radius 1 is 1.40 bits per heavy atom. The minimum atomic E-state index is -0.333. The average Bonchev–Trinajstić information content (AvgIpc) is 3.16. The number of carbonyl (C=O) groups is 1. The summed E-state index contributed by atoms with van der Waals surface area (Å²) in [6.07, 6.45) is 1.31. The molecule has 0 radical (unpaired) electrons. The van der Waals surface area contributed by atoms with Crippen LogP contribution in [0.4, 0.5) is 0 Å². The van der Waals surface area contributed by atoms with Gasteiger partial charge in [-0.05, 0) is 36.7 Å². The van der Waals surface area contributed by atoms with Crippen molar-refractivity contribution in [1.29, 1.82) is 0 Å². The zero-order chi connectivity index (χ0) is 14.8. The van der Waals surface area contributed by atoms with Crippen molar-refractivity contribution in [3.05, 3.63) is 35.9 Å². The maximum absolute atomic E-state index is 12.1. The van der Waals surface area contributed by atoms with Gasteiger partial charge in [0, 0.05) is 12.5 Å². The van der Waals surface area contributed by atoms with E-state index in [9.17, 15) is 9.90 Å². The highest BCUT2D eigenvalue weighted by Gasteiger charge is 2.43. The number of hydrogen-bond acceptors (Lipinski definition) is 2. The SMILES string of the molecule is CC(O)CC(C)(C)CNC(=O)C1CC1c1ccccc1. The normalized spacial score (nSPS) is 23.2. The van der Waals surface area contributed by atoms with E-state index in [-0.39, 0.29) is 23.3 Å². The molecule has 0 aromatic heterocycles. The smallest absolute Gasteiger partial charge is 0.223 e. The summed E-state index contributed by atoms with van der Waals surface area (Å²) in [5.41, 5.74) is 1.19. The predicted octanol–water partition coefficient (Wildman–Crippen LogP) is 2.70. The van der Waals surface area contributed by atoms with Gasteiger partial charge in [0.05, 0.1) is 6.10 Å². The van der Waals surface area contributed by atoms with Gasteiger partial charge in [0.1, 0.15) is 0 Å². The second-order valence-electron chi connectivity index (χ2n) is 6.79. The molecule has 1 fully saturated rings. The topological polar surface area (TPSA) is 49.3 Å². The summed E-state index contributed by atoms with van der Waals surface area (Å²) in [7, 11) is 0. The summed E-state index contributed by atoms with van der Waals surface area (Å²) >= 11 is 0. The molecule has 1 amide bonds. The van der Waals surface area contributed by atoms with Crippen molar-refractivity contribution in [2.75, 3.05) is 6.54 Å². The minimum absolute atomic E-state index is 0.0685. The fourth-order valence-corrected chi connectivity index (χ4v) is 2.88. The quantitative estimate of drug-likeness (QED) is 0.838. The number of hydrogen-bond donors (Lipinski definition) is 2. The van der Waals surface area contributed by atoms with Gasteiger partial charge in [0.2, 0.25) is 5.91 Å². The van der Waals surface area contributed by atoms with E-state index in [0.29, 0.717) is 18.9 Å². The fourth-order valence-electron chi connectivity index (χ4n) is 2.88. The molecule has 2 rings (SSSR count). The van der Waals surface area contributed by atoms with E-state index >= 15 is 0 Å². The number of amides is 1. The Hall–Kier alpha value is -1.35. The molecule has 0 aliphatic heterocycles. The Kier molecular flexibility index (Phi) is 4.48. The van der Waals surface area contributed by atoms with Crippen molar-refractivity contribution in [2.24, 2.45) is 11.3 Å². The highest BCUT2D eigenvalue weighted by atomic mass is 16.3. The lowest BCUT2D eigenvalue weighted by atomic mass is 9.87. The molecule has 1 aliphatic rings. The maximum Gasteiger partial charge on any atom is 0.223 e. The molecule has 0 heterocycles. The largest absolute Gasteiger partial charge is 0.393 e. The molecule has 20 heavy (non-hydrogen) atoms. The molecule has 1 saturated carbocycles. The first-order chi connectivity index (χ1) is 9.39. The van der Waals surface area contributed by atoms with Gasteiger partial charge in [-0.25, -0.2) is 0 Å².